The zero-order valence-electron chi connectivity index (χ0n) is 10.7. The average Bonchev–Trinajstić information content (AvgIpc) is 2.38. The number of rotatable bonds is 4. The van der Waals surface area contributed by atoms with E-state index in [4.69, 9.17) is 10.5 Å². The highest BCUT2D eigenvalue weighted by molar-refractivity contribution is 7.84. The molecule has 2 aromatic carbocycles. The Morgan fingerprint density at radius 1 is 1.20 bits per heavy atom. The molecule has 0 radical (unpaired) electrons. The van der Waals surface area contributed by atoms with Gasteiger partial charge >= 0.3 is 0 Å². The Morgan fingerprint density at radius 2 is 1.95 bits per heavy atom. The lowest BCUT2D eigenvalue weighted by atomic mass is 10.2. The number of benzene rings is 2. The zero-order chi connectivity index (χ0) is 14.7. The monoisotopic (exact) mass is 297 g/mol. The molecular formula is C14H13F2NO2S. The van der Waals surface area contributed by atoms with Crippen LogP contribution in [0.2, 0.25) is 0 Å². The van der Waals surface area contributed by atoms with E-state index in [-0.39, 0.29) is 10.6 Å². The molecule has 2 N–H and O–H groups in total. The molecule has 20 heavy (non-hydrogen) atoms. The van der Waals surface area contributed by atoms with E-state index in [1.807, 2.05) is 0 Å². The third kappa shape index (κ3) is 3.14. The second kappa shape index (κ2) is 6.00. The summed E-state index contributed by atoms with van der Waals surface area (Å²) in [6.07, 6.45) is 0. The highest BCUT2D eigenvalue weighted by Crippen LogP contribution is 2.25. The Labute approximate surface area is 117 Å². The van der Waals surface area contributed by atoms with E-state index >= 15 is 0 Å². The molecular weight excluding hydrogens is 284 g/mol. The van der Waals surface area contributed by atoms with Crippen LogP contribution >= 0.6 is 0 Å². The van der Waals surface area contributed by atoms with Gasteiger partial charge in [-0.15, -0.1) is 0 Å². The summed E-state index contributed by atoms with van der Waals surface area (Å²) in [5.41, 5.74) is 6.77. The predicted octanol–water partition coefficient (Wildman–Crippen LogP) is 2.86. The average molecular weight is 297 g/mol. The Hall–Kier alpha value is -1.95. The van der Waals surface area contributed by atoms with Gasteiger partial charge in [-0.05, 0) is 30.3 Å². The maximum atomic E-state index is 13.6. The standard InChI is InChI=1S/C14H13F2NO2S/c1-19-13-4-3-11(17)6-9(13)8-20(18)14-5-2-10(15)7-12(14)16/h2-7H,8,17H2,1H3. The fourth-order valence-corrected chi connectivity index (χ4v) is 2.95. The number of nitrogen functional groups attached to an aromatic ring is 1. The predicted molar refractivity (Wildman–Crippen MR) is 73.9 cm³/mol. The van der Waals surface area contributed by atoms with Gasteiger partial charge in [0.2, 0.25) is 0 Å². The molecule has 0 aromatic heterocycles. The highest BCUT2D eigenvalue weighted by atomic mass is 32.2. The Balaban J connectivity index is 2.30. The summed E-state index contributed by atoms with van der Waals surface area (Å²) in [6.45, 7) is 0. The lowest BCUT2D eigenvalue weighted by Crippen LogP contribution is -2.02. The zero-order valence-corrected chi connectivity index (χ0v) is 11.5. The van der Waals surface area contributed by atoms with Gasteiger partial charge in [-0.25, -0.2) is 8.78 Å². The molecule has 0 bridgehead atoms. The second-order valence-electron chi connectivity index (χ2n) is 4.14. The summed E-state index contributed by atoms with van der Waals surface area (Å²) >= 11 is 0. The van der Waals surface area contributed by atoms with Gasteiger partial charge in [-0.1, -0.05) is 0 Å². The van der Waals surface area contributed by atoms with E-state index in [1.165, 1.54) is 13.2 Å². The minimum atomic E-state index is -1.65. The van der Waals surface area contributed by atoms with Gasteiger partial charge in [0, 0.05) is 17.3 Å². The van der Waals surface area contributed by atoms with E-state index in [1.54, 1.807) is 18.2 Å². The highest BCUT2D eigenvalue weighted by Gasteiger charge is 2.14. The van der Waals surface area contributed by atoms with Crippen LogP contribution in [-0.2, 0) is 16.6 Å². The summed E-state index contributed by atoms with van der Waals surface area (Å²) in [4.78, 5) is -0.0455. The van der Waals surface area contributed by atoms with Crippen LogP contribution in [0.4, 0.5) is 14.5 Å². The van der Waals surface area contributed by atoms with Crippen molar-refractivity contribution < 1.29 is 17.7 Å². The smallest absolute Gasteiger partial charge is 0.142 e. The molecule has 0 aliphatic rings. The molecule has 106 valence electrons. The number of halogens is 2. The van der Waals surface area contributed by atoms with Crippen molar-refractivity contribution in [2.24, 2.45) is 0 Å². The maximum absolute atomic E-state index is 13.6. The van der Waals surface area contributed by atoms with Crippen molar-refractivity contribution in [2.75, 3.05) is 12.8 Å². The quantitative estimate of drug-likeness (QED) is 0.883. The maximum Gasteiger partial charge on any atom is 0.142 e. The van der Waals surface area contributed by atoms with Crippen molar-refractivity contribution in [1.82, 2.24) is 0 Å². The third-order valence-electron chi connectivity index (χ3n) is 2.73. The summed E-state index contributed by atoms with van der Waals surface area (Å²) in [5, 5.41) is 0. The van der Waals surface area contributed by atoms with Crippen LogP contribution in [0, 0.1) is 11.6 Å². The van der Waals surface area contributed by atoms with Crippen molar-refractivity contribution in [3.05, 3.63) is 53.6 Å². The number of hydrogen-bond donors (Lipinski definition) is 1. The van der Waals surface area contributed by atoms with Gasteiger partial charge in [0.15, 0.2) is 0 Å². The minimum Gasteiger partial charge on any atom is -0.496 e. The first kappa shape index (κ1) is 14.5. The Bertz CT molecular complexity index is 662. The molecule has 0 aliphatic carbocycles. The molecule has 0 saturated carbocycles. The van der Waals surface area contributed by atoms with Gasteiger partial charge in [0.1, 0.15) is 17.4 Å². The van der Waals surface area contributed by atoms with Crippen molar-refractivity contribution >= 4 is 16.5 Å². The third-order valence-corrected chi connectivity index (χ3v) is 4.13. The van der Waals surface area contributed by atoms with Crippen molar-refractivity contribution in [1.29, 1.82) is 0 Å². The topological polar surface area (TPSA) is 52.3 Å². The Kier molecular flexibility index (Phi) is 4.34. The van der Waals surface area contributed by atoms with Crippen LogP contribution in [0.25, 0.3) is 0 Å². The minimum absolute atomic E-state index is 0.0385. The summed E-state index contributed by atoms with van der Waals surface area (Å²) in [6, 6.07) is 7.90. The number of nitrogens with two attached hydrogens (primary N) is 1. The van der Waals surface area contributed by atoms with Crippen molar-refractivity contribution in [2.45, 2.75) is 10.6 Å². The van der Waals surface area contributed by atoms with E-state index in [0.29, 0.717) is 23.1 Å². The molecule has 0 aliphatic heterocycles. The molecule has 2 rings (SSSR count). The van der Waals surface area contributed by atoms with Crippen LogP contribution in [-0.4, -0.2) is 11.3 Å². The first-order chi connectivity index (χ1) is 9.51. The lowest BCUT2D eigenvalue weighted by Gasteiger charge is -2.09. The molecule has 6 heteroatoms. The number of methoxy groups -OCH3 is 1. The fourth-order valence-electron chi connectivity index (χ4n) is 1.79. The van der Waals surface area contributed by atoms with Gasteiger partial charge in [0.25, 0.3) is 0 Å². The SMILES string of the molecule is COc1ccc(N)cc1CS(=O)c1ccc(F)cc1F. The first-order valence-corrected chi connectivity index (χ1v) is 7.09. The fraction of sp³-hybridized carbons (Fsp3) is 0.143. The number of anilines is 1. The van der Waals surface area contributed by atoms with Crippen LogP contribution in [0.15, 0.2) is 41.3 Å². The summed E-state index contributed by atoms with van der Waals surface area (Å²) in [5.74, 6) is -0.970. The number of ether oxygens (including phenoxy) is 1. The normalized spacial score (nSPS) is 12.2. The van der Waals surface area contributed by atoms with Crippen molar-refractivity contribution in [3.8, 4) is 5.75 Å². The molecule has 1 unspecified atom stereocenters. The van der Waals surface area contributed by atoms with Gasteiger partial charge < -0.3 is 10.5 Å². The Morgan fingerprint density at radius 3 is 2.60 bits per heavy atom. The van der Waals surface area contributed by atoms with Crippen molar-refractivity contribution in [3.63, 3.8) is 0 Å². The molecule has 1 atom stereocenters. The molecule has 0 amide bonds. The van der Waals surface area contributed by atoms with E-state index < -0.39 is 22.4 Å². The van der Waals surface area contributed by atoms with Gasteiger partial charge in [-0.2, -0.15) is 0 Å². The summed E-state index contributed by atoms with van der Waals surface area (Å²) < 4.78 is 43.7. The lowest BCUT2D eigenvalue weighted by molar-refractivity contribution is 0.411. The van der Waals surface area contributed by atoms with Crippen LogP contribution in [0.3, 0.4) is 0 Å². The van der Waals surface area contributed by atoms with Crippen LogP contribution in [0.5, 0.6) is 5.75 Å². The van der Waals surface area contributed by atoms with Gasteiger partial charge in [0.05, 0.1) is 28.6 Å². The van der Waals surface area contributed by atoms with E-state index in [0.717, 1.165) is 6.07 Å². The number of hydrogen-bond acceptors (Lipinski definition) is 3. The first-order valence-electron chi connectivity index (χ1n) is 5.77. The molecule has 0 fully saturated rings. The molecule has 2 aromatic rings. The summed E-state index contributed by atoms with van der Waals surface area (Å²) in [7, 11) is -0.169. The van der Waals surface area contributed by atoms with E-state index in [9.17, 15) is 13.0 Å². The largest absolute Gasteiger partial charge is 0.496 e. The van der Waals surface area contributed by atoms with Gasteiger partial charge in [-0.3, -0.25) is 4.21 Å². The molecule has 0 spiro atoms. The van der Waals surface area contributed by atoms with Crippen LogP contribution in [0.1, 0.15) is 5.56 Å². The second-order valence-corrected chi connectivity index (χ2v) is 5.56. The molecule has 0 saturated heterocycles. The van der Waals surface area contributed by atoms with E-state index in [2.05, 4.69) is 0 Å². The molecule has 3 nitrogen and oxygen atoms in total. The van der Waals surface area contributed by atoms with Crippen LogP contribution < -0.4 is 10.5 Å². The molecule has 0 heterocycles.